The zero-order chi connectivity index (χ0) is 28.7. The number of amides is 1. The van der Waals surface area contributed by atoms with E-state index in [2.05, 4.69) is 51.8 Å². The predicted octanol–water partition coefficient (Wildman–Crippen LogP) is 3.81. The molecule has 1 saturated heterocycles. The van der Waals surface area contributed by atoms with Gasteiger partial charge >= 0.3 is 0 Å². The van der Waals surface area contributed by atoms with Crippen LogP contribution in [0, 0.1) is 6.92 Å². The Bertz CT molecular complexity index is 1680. The number of aryl methyl sites for hydroxylation is 1. The molecule has 0 unspecified atom stereocenters. The van der Waals surface area contributed by atoms with Crippen LogP contribution >= 0.6 is 0 Å². The first-order valence-corrected chi connectivity index (χ1v) is 14.1. The molecule has 2 fully saturated rings. The van der Waals surface area contributed by atoms with Crippen molar-refractivity contribution >= 4 is 34.3 Å². The number of carbonyl (C=O) groups excluding carboxylic acids is 1. The number of allylic oxidation sites excluding steroid dienone is 1. The van der Waals surface area contributed by atoms with Crippen LogP contribution in [0.1, 0.15) is 28.8 Å². The maximum atomic E-state index is 13.3. The highest BCUT2D eigenvalue weighted by Crippen LogP contribution is 2.30. The largest absolute Gasteiger partial charge is 0.369 e. The summed E-state index contributed by atoms with van der Waals surface area (Å²) >= 11 is 0. The Balaban J connectivity index is 1.31. The molecule has 41 heavy (non-hydrogen) atoms. The van der Waals surface area contributed by atoms with Crippen LogP contribution in [0.4, 0.5) is 17.3 Å². The smallest absolute Gasteiger partial charge is 0.278 e. The molecule has 1 N–H and O–H groups in total. The Kier molecular flexibility index (Phi) is 7.08. The lowest BCUT2D eigenvalue weighted by Gasteiger charge is -2.37. The fourth-order valence-electron chi connectivity index (χ4n) is 5.65. The van der Waals surface area contributed by atoms with Crippen LogP contribution in [0.15, 0.2) is 66.1 Å². The summed E-state index contributed by atoms with van der Waals surface area (Å²) in [6, 6.07) is 14.3. The van der Waals surface area contributed by atoms with Crippen molar-refractivity contribution < 1.29 is 4.79 Å². The highest BCUT2D eigenvalue weighted by molar-refractivity contribution is 5.94. The van der Waals surface area contributed by atoms with Crippen LogP contribution in [-0.2, 0) is 6.54 Å². The number of hydrogen-bond donors (Lipinski definition) is 1. The lowest BCUT2D eigenvalue weighted by Crippen LogP contribution is -2.47. The van der Waals surface area contributed by atoms with Crippen LogP contribution < -0.4 is 15.8 Å². The Morgan fingerprint density at radius 1 is 1.12 bits per heavy atom. The molecule has 1 aliphatic heterocycles. The number of rotatable bonds is 8. The number of carbonyl (C=O) groups is 1. The van der Waals surface area contributed by atoms with E-state index >= 15 is 0 Å². The summed E-state index contributed by atoms with van der Waals surface area (Å²) in [7, 11) is 3.42. The van der Waals surface area contributed by atoms with Gasteiger partial charge in [0.1, 0.15) is 5.39 Å². The molecule has 2 aromatic carbocycles. The fourth-order valence-corrected chi connectivity index (χ4v) is 5.65. The van der Waals surface area contributed by atoms with E-state index in [1.54, 1.807) is 53.9 Å². The second-order valence-corrected chi connectivity index (χ2v) is 11.0. The number of nitrogens with one attached hydrogen (secondary N) is 1. The lowest BCUT2D eigenvalue weighted by atomic mass is 10.1. The molecule has 0 bridgehead atoms. The van der Waals surface area contributed by atoms with Gasteiger partial charge < -0.3 is 15.1 Å². The summed E-state index contributed by atoms with van der Waals surface area (Å²) in [5.74, 6) is 0.259. The molecule has 212 valence electrons. The molecule has 0 radical (unpaired) electrons. The molecule has 10 heteroatoms. The Morgan fingerprint density at radius 3 is 2.59 bits per heavy atom. The highest BCUT2D eigenvalue weighted by Gasteiger charge is 2.31. The summed E-state index contributed by atoms with van der Waals surface area (Å²) in [6.45, 7) is 10.6. The Labute approximate surface area is 239 Å². The first-order chi connectivity index (χ1) is 19.8. The molecule has 1 aliphatic carbocycles. The normalized spacial score (nSPS) is 15.7. The molecule has 2 aromatic heterocycles. The second-order valence-electron chi connectivity index (χ2n) is 11.0. The van der Waals surface area contributed by atoms with E-state index in [1.165, 1.54) is 29.0 Å². The van der Waals surface area contributed by atoms with Gasteiger partial charge in [0, 0.05) is 69.5 Å². The van der Waals surface area contributed by atoms with Crippen molar-refractivity contribution in [2.24, 2.45) is 0 Å². The second kappa shape index (κ2) is 10.9. The summed E-state index contributed by atoms with van der Waals surface area (Å²) in [6.07, 6.45) is 5.92. The molecule has 6 rings (SSSR count). The maximum Gasteiger partial charge on any atom is 0.278 e. The van der Waals surface area contributed by atoms with E-state index in [4.69, 9.17) is 4.98 Å². The SMILES string of the molecule is C=CCn1c(=O)c2cnc(Nc3ccc(N4CCN(C5CC5)CC4)c(C)c3)nc2n1-c1cccc(C(=O)N(C)C)c1. The van der Waals surface area contributed by atoms with Crippen molar-refractivity contribution in [1.29, 1.82) is 0 Å². The first kappa shape index (κ1) is 26.8. The lowest BCUT2D eigenvalue weighted by molar-refractivity contribution is 0.0827. The van der Waals surface area contributed by atoms with Crippen LogP contribution in [0.25, 0.3) is 16.7 Å². The van der Waals surface area contributed by atoms with Gasteiger partial charge in [-0.2, -0.15) is 4.98 Å². The van der Waals surface area contributed by atoms with Gasteiger partial charge in [0.05, 0.1) is 12.2 Å². The van der Waals surface area contributed by atoms with Gasteiger partial charge in [0.15, 0.2) is 5.65 Å². The van der Waals surface area contributed by atoms with E-state index < -0.39 is 0 Å². The average molecular weight is 553 g/mol. The number of benzene rings is 2. The summed E-state index contributed by atoms with van der Waals surface area (Å²) in [5.41, 5.74) is 4.71. The Hall–Kier alpha value is -4.44. The third kappa shape index (κ3) is 5.22. The van der Waals surface area contributed by atoms with Crippen molar-refractivity contribution in [3.05, 3.63) is 82.8 Å². The molecule has 1 saturated carbocycles. The van der Waals surface area contributed by atoms with Gasteiger partial charge in [-0.15, -0.1) is 6.58 Å². The third-order valence-electron chi connectivity index (χ3n) is 7.89. The molecule has 0 atom stereocenters. The standard InChI is InChI=1S/C31H36N8O2/c1-5-13-38-30(41)26-20-32-31(34-28(26)39(38)25-8-6-7-22(19-25)29(40)35(3)4)33-23-9-12-27(21(2)18-23)37-16-14-36(15-17-37)24-10-11-24/h5-9,12,18-20,24H,1,10-11,13-17H2,2-4H3,(H,32,33,34). The summed E-state index contributed by atoms with van der Waals surface area (Å²) in [4.78, 5) is 41.8. The first-order valence-electron chi connectivity index (χ1n) is 14.1. The van der Waals surface area contributed by atoms with Gasteiger partial charge in [-0.25, -0.2) is 14.3 Å². The van der Waals surface area contributed by atoms with Gasteiger partial charge in [-0.3, -0.25) is 14.5 Å². The minimum Gasteiger partial charge on any atom is -0.369 e. The number of fused-ring (bicyclic) bond motifs is 1. The van der Waals surface area contributed by atoms with Crippen molar-refractivity contribution in [2.75, 3.05) is 50.5 Å². The average Bonchev–Trinajstić information content (AvgIpc) is 3.79. The fraction of sp³-hybridized carbons (Fsp3) is 0.355. The summed E-state index contributed by atoms with van der Waals surface area (Å²) < 4.78 is 3.28. The van der Waals surface area contributed by atoms with Crippen LogP contribution in [0.3, 0.4) is 0 Å². The Morgan fingerprint density at radius 2 is 1.90 bits per heavy atom. The number of hydrogen-bond acceptors (Lipinski definition) is 7. The van der Waals surface area contributed by atoms with Crippen LogP contribution in [0.5, 0.6) is 0 Å². The molecular formula is C31H36N8O2. The predicted molar refractivity (Wildman–Crippen MR) is 163 cm³/mol. The van der Waals surface area contributed by atoms with E-state index in [9.17, 15) is 9.59 Å². The molecule has 0 spiro atoms. The van der Waals surface area contributed by atoms with Gasteiger partial charge in [-0.1, -0.05) is 12.1 Å². The van der Waals surface area contributed by atoms with E-state index in [0.29, 0.717) is 28.2 Å². The quantitative estimate of drug-likeness (QED) is 0.333. The number of aromatic nitrogens is 4. The third-order valence-corrected chi connectivity index (χ3v) is 7.89. The molecular weight excluding hydrogens is 516 g/mol. The van der Waals surface area contributed by atoms with Crippen molar-refractivity contribution in [2.45, 2.75) is 32.4 Å². The minimum atomic E-state index is -0.224. The van der Waals surface area contributed by atoms with Crippen molar-refractivity contribution in [3.8, 4) is 5.69 Å². The highest BCUT2D eigenvalue weighted by atomic mass is 16.2. The van der Waals surface area contributed by atoms with E-state index in [-0.39, 0.29) is 18.0 Å². The monoisotopic (exact) mass is 552 g/mol. The summed E-state index contributed by atoms with van der Waals surface area (Å²) in [5, 5.41) is 3.71. The zero-order valence-corrected chi connectivity index (χ0v) is 23.9. The molecule has 3 heterocycles. The topological polar surface area (TPSA) is 91.5 Å². The van der Waals surface area contributed by atoms with Gasteiger partial charge in [0.25, 0.3) is 11.5 Å². The minimum absolute atomic E-state index is 0.124. The molecule has 2 aliphatic rings. The molecule has 10 nitrogen and oxygen atoms in total. The van der Waals surface area contributed by atoms with Gasteiger partial charge in [-0.05, 0) is 61.7 Å². The van der Waals surface area contributed by atoms with E-state index in [0.717, 1.165) is 37.9 Å². The zero-order valence-electron chi connectivity index (χ0n) is 23.9. The van der Waals surface area contributed by atoms with Crippen LogP contribution in [-0.4, -0.2) is 81.4 Å². The van der Waals surface area contributed by atoms with Gasteiger partial charge in [0.2, 0.25) is 5.95 Å². The maximum absolute atomic E-state index is 13.3. The molecule has 1 amide bonds. The van der Waals surface area contributed by atoms with Crippen molar-refractivity contribution in [1.82, 2.24) is 29.1 Å². The van der Waals surface area contributed by atoms with Crippen molar-refractivity contribution in [3.63, 3.8) is 0 Å². The van der Waals surface area contributed by atoms with Crippen LogP contribution in [0.2, 0.25) is 0 Å². The number of nitrogens with zero attached hydrogens (tertiary/aromatic N) is 7. The van der Waals surface area contributed by atoms with E-state index in [1.807, 2.05) is 6.07 Å². The number of piperazine rings is 1. The number of anilines is 3. The molecule has 4 aromatic rings.